The molecule has 106 valence electrons. The van der Waals surface area contributed by atoms with Crippen molar-refractivity contribution in [1.82, 2.24) is 10.2 Å². The summed E-state index contributed by atoms with van der Waals surface area (Å²) in [5, 5.41) is 12.8. The Labute approximate surface area is 113 Å². The number of phenolic OH excluding ortho intramolecular Hbond substituents is 1. The van der Waals surface area contributed by atoms with Crippen molar-refractivity contribution in [2.75, 3.05) is 40.0 Å². The van der Waals surface area contributed by atoms with Crippen LogP contribution in [0.5, 0.6) is 11.5 Å². The molecule has 1 heterocycles. The summed E-state index contributed by atoms with van der Waals surface area (Å²) in [7, 11) is 1.57. The van der Waals surface area contributed by atoms with Gasteiger partial charge in [-0.25, -0.2) is 0 Å². The van der Waals surface area contributed by atoms with Gasteiger partial charge in [-0.2, -0.15) is 0 Å². The summed E-state index contributed by atoms with van der Waals surface area (Å²) in [5.74, 6) is 0.789. The molecule has 0 aromatic heterocycles. The van der Waals surface area contributed by atoms with Crippen molar-refractivity contribution in [3.63, 3.8) is 0 Å². The summed E-state index contributed by atoms with van der Waals surface area (Å²) in [6, 6.07) is 5.05. The van der Waals surface area contributed by atoms with Crippen molar-refractivity contribution in [3.8, 4) is 11.5 Å². The molecule has 2 N–H and O–H groups in total. The Kier molecular flexibility index (Phi) is 4.99. The minimum atomic E-state index is -0.362. The lowest BCUT2D eigenvalue weighted by molar-refractivity contribution is 0.155. The number of nitrogens with zero attached hydrogens (tertiary/aromatic N) is 1. The first kappa shape index (κ1) is 14.1. The lowest BCUT2D eigenvalue weighted by Crippen LogP contribution is -2.45. The first-order valence-corrected chi connectivity index (χ1v) is 6.64. The van der Waals surface area contributed by atoms with Crippen LogP contribution >= 0.6 is 0 Å². The van der Waals surface area contributed by atoms with Crippen LogP contribution in [0.2, 0.25) is 0 Å². The van der Waals surface area contributed by atoms with Crippen molar-refractivity contribution in [1.29, 1.82) is 0 Å². The van der Waals surface area contributed by atoms with Crippen molar-refractivity contribution in [2.45, 2.75) is 12.5 Å². The second-order valence-corrected chi connectivity index (χ2v) is 4.71. The van der Waals surface area contributed by atoms with Gasteiger partial charge in [-0.1, -0.05) is 6.07 Å². The van der Waals surface area contributed by atoms with E-state index in [0.717, 1.165) is 31.7 Å². The van der Waals surface area contributed by atoms with Crippen LogP contribution in [0, 0.1) is 0 Å². The molecular weight excluding hydrogens is 247 g/mol. The largest absolute Gasteiger partial charge is 0.508 e. The highest BCUT2D eigenvalue weighted by Gasteiger charge is 2.24. The Morgan fingerprint density at radius 2 is 2.16 bits per heavy atom. The van der Waals surface area contributed by atoms with Crippen molar-refractivity contribution in [2.24, 2.45) is 0 Å². The molecule has 1 fully saturated rings. The molecule has 4 nitrogen and oxygen atoms in total. The van der Waals surface area contributed by atoms with Gasteiger partial charge in [0.05, 0.1) is 13.8 Å². The summed E-state index contributed by atoms with van der Waals surface area (Å²) < 4.78 is 18.2. The molecular formula is C14H21FN2O2. The molecule has 1 aliphatic heterocycles. The number of alkyl halides is 1. The van der Waals surface area contributed by atoms with E-state index in [-0.39, 0.29) is 18.5 Å². The number of halogens is 1. The third-order valence-corrected chi connectivity index (χ3v) is 3.55. The highest BCUT2D eigenvalue weighted by molar-refractivity contribution is 5.42. The minimum Gasteiger partial charge on any atom is -0.508 e. The summed E-state index contributed by atoms with van der Waals surface area (Å²) in [5.41, 5.74) is 0.944. The predicted molar refractivity (Wildman–Crippen MR) is 72.4 cm³/mol. The third kappa shape index (κ3) is 3.36. The number of piperazine rings is 1. The zero-order valence-electron chi connectivity index (χ0n) is 11.2. The number of nitrogens with one attached hydrogen (secondary N) is 1. The molecule has 0 unspecified atom stereocenters. The van der Waals surface area contributed by atoms with E-state index in [4.69, 9.17) is 4.74 Å². The van der Waals surface area contributed by atoms with Gasteiger partial charge in [-0.15, -0.1) is 0 Å². The molecule has 19 heavy (non-hydrogen) atoms. The molecule has 1 atom stereocenters. The second kappa shape index (κ2) is 6.73. The molecule has 0 saturated carbocycles. The van der Waals surface area contributed by atoms with Gasteiger partial charge in [0.25, 0.3) is 0 Å². The van der Waals surface area contributed by atoms with E-state index in [0.29, 0.717) is 12.2 Å². The number of hydrogen-bond donors (Lipinski definition) is 2. The lowest BCUT2D eigenvalue weighted by Gasteiger charge is -2.35. The summed E-state index contributed by atoms with van der Waals surface area (Å²) >= 11 is 0. The average molecular weight is 268 g/mol. The zero-order chi connectivity index (χ0) is 13.7. The maximum absolute atomic E-state index is 12.9. The van der Waals surface area contributed by atoms with E-state index >= 15 is 0 Å². The number of ether oxygens (including phenoxy) is 1. The van der Waals surface area contributed by atoms with Crippen LogP contribution in [0.4, 0.5) is 4.39 Å². The quantitative estimate of drug-likeness (QED) is 0.853. The zero-order valence-corrected chi connectivity index (χ0v) is 11.2. The van der Waals surface area contributed by atoms with Crippen LogP contribution in [-0.2, 0) is 0 Å². The maximum atomic E-state index is 12.9. The molecule has 0 aliphatic carbocycles. The molecule has 1 aromatic carbocycles. The monoisotopic (exact) mass is 268 g/mol. The lowest BCUT2D eigenvalue weighted by atomic mass is 10.0. The van der Waals surface area contributed by atoms with Gasteiger partial charge in [-0.3, -0.25) is 9.29 Å². The Hall–Kier alpha value is -1.33. The third-order valence-electron chi connectivity index (χ3n) is 3.55. The van der Waals surface area contributed by atoms with Crippen molar-refractivity contribution in [3.05, 3.63) is 23.8 Å². The normalized spacial score (nSPS) is 18.2. The first-order valence-electron chi connectivity index (χ1n) is 6.64. The topological polar surface area (TPSA) is 44.7 Å². The summed E-state index contributed by atoms with van der Waals surface area (Å²) in [6.45, 7) is 3.27. The van der Waals surface area contributed by atoms with Gasteiger partial charge in [0.2, 0.25) is 0 Å². The summed E-state index contributed by atoms with van der Waals surface area (Å²) in [6.07, 6.45) is 0.446. The highest BCUT2D eigenvalue weighted by Crippen LogP contribution is 2.34. The fraction of sp³-hybridized carbons (Fsp3) is 0.571. The Balaban J connectivity index is 2.26. The van der Waals surface area contributed by atoms with E-state index in [1.807, 2.05) is 6.07 Å². The van der Waals surface area contributed by atoms with E-state index in [2.05, 4.69) is 10.2 Å². The van der Waals surface area contributed by atoms with Crippen LogP contribution in [0.1, 0.15) is 18.0 Å². The molecule has 0 radical (unpaired) electrons. The fourth-order valence-electron chi connectivity index (χ4n) is 2.61. The Morgan fingerprint density at radius 1 is 1.42 bits per heavy atom. The average Bonchev–Trinajstić information content (AvgIpc) is 2.46. The summed E-state index contributed by atoms with van der Waals surface area (Å²) in [4.78, 5) is 2.27. The molecule has 2 rings (SSSR count). The van der Waals surface area contributed by atoms with E-state index in [9.17, 15) is 9.50 Å². The smallest absolute Gasteiger partial charge is 0.127 e. The highest BCUT2D eigenvalue weighted by atomic mass is 19.1. The molecule has 1 saturated heterocycles. The molecule has 0 amide bonds. The Bertz CT molecular complexity index is 408. The second-order valence-electron chi connectivity index (χ2n) is 4.71. The van der Waals surface area contributed by atoms with Gasteiger partial charge in [0.15, 0.2) is 0 Å². The molecule has 1 aliphatic rings. The number of rotatable bonds is 5. The number of phenols is 1. The van der Waals surface area contributed by atoms with Crippen molar-refractivity contribution < 1.29 is 14.2 Å². The van der Waals surface area contributed by atoms with Gasteiger partial charge in [-0.05, 0) is 12.5 Å². The van der Waals surface area contributed by atoms with E-state index < -0.39 is 0 Å². The van der Waals surface area contributed by atoms with Crippen LogP contribution in [-0.4, -0.2) is 50.0 Å². The van der Waals surface area contributed by atoms with Crippen molar-refractivity contribution >= 4 is 0 Å². The standard InChI is InChI=1S/C14H21FN2O2/c1-19-14-10-11(18)2-3-12(14)13(4-5-15)17-8-6-16-7-9-17/h2-3,10,13,16,18H,4-9H2,1H3/t13-/m1/s1. The maximum Gasteiger partial charge on any atom is 0.127 e. The van der Waals surface area contributed by atoms with Gasteiger partial charge in [0.1, 0.15) is 11.5 Å². The SMILES string of the molecule is COc1cc(O)ccc1[C@@H](CCF)N1CCNCC1. The molecule has 0 bridgehead atoms. The number of hydrogen-bond acceptors (Lipinski definition) is 4. The van der Waals surface area contributed by atoms with Gasteiger partial charge in [0, 0.05) is 43.9 Å². The molecule has 1 aromatic rings. The number of methoxy groups -OCH3 is 1. The first-order chi connectivity index (χ1) is 9.26. The van der Waals surface area contributed by atoms with Crippen LogP contribution < -0.4 is 10.1 Å². The van der Waals surface area contributed by atoms with Gasteiger partial charge < -0.3 is 15.2 Å². The van der Waals surface area contributed by atoms with Gasteiger partial charge >= 0.3 is 0 Å². The number of aromatic hydroxyl groups is 1. The molecule has 5 heteroatoms. The fourth-order valence-corrected chi connectivity index (χ4v) is 2.61. The minimum absolute atomic E-state index is 0.00245. The van der Waals surface area contributed by atoms with Crippen LogP contribution in [0.15, 0.2) is 18.2 Å². The number of benzene rings is 1. The molecule has 0 spiro atoms. The van der Waals surface area contributed by atoms with E-state index in [1.54, 1.807) is 19.2 Å². The van der Waals surface area contributed by atoms with Crippen LogP contribution in [0.3, 0.4) is 0 Å². The van der Waals surface area contributed by atoms with E-state index in [1.165, 1.54) is 0 Å². The Morgan fingerprint density at radius 3 is 2.79 bits per heavy atom. The predicted octanol–water partition coefficient (Wildman–Crippen LogP) is 1.71. The van der Waals surface area contributed by atoms with Crippen LogP contribution in [0.25, 0.3) is 0 Å².